The first-order valence-corrected chi connectivity index (χ1v) is 6.30. The highest BCUT2D eigenvalue weighted by atomic mass is 16.5. The van der Waals surface area contributed by atoms with Crippen molar-refractivity contribution in [2.75, 3.05) is 7.11 Å². The summed E-state index contributed by atoms with van der Waals surface area (Å²) < 4.78 is 7.02. The van der Waals surface area contributed by atoms with Gasteiger partial charge < -0.3 is 9.84 Å². The molecule has 0 spiro atoms. The predicted molar refractivity (Wildman–Crippen MR) is 74.8 cm³/mol. The van der Waals surface area contributed by atoms with Crippen molar-refractivity contribution < 1.29 is 9.84 Å². The molecule has 0 radical (unpaired) electrons. The van der Waals surface area contributed by atoms with Crippen molar-refractivity contribution in [3.05, 3.63) is 59.7 Å². The van der Waals surface area contributed by atoms with Crippen LogP contribution in [0, 0.1) is 6.92 Å². The second-order valence-electron chi connectivity index (χ2n) is 4.65. The molecular weight excluding hydrogens is 254 g/mol. The fraction of sp³-hybridized carbons (Fsp3) is 0.200. The number of hydrogen-bond donors (Lipinski definition) is 1. The molecule has 5 nitrogen and oxygen atoms in total. The number of hydrogen-bond acceptors (Lipinski definition) is 4. The zero-order valence-electron chi connectivity index (χ0n) is 11.3. The molecule has 20 heavy (non-hydrogen) atoms. The van der Waals surface area contributed by atoms with Gasteiger partial charge in [0, 0.05) is 23.5 Å². The Kier molecular flexibility index (Phi) is 3.12. The summed E-state index contributed by atoms with van der Waals surface area (Å²) in [6.07, 6.45) is 5.95. The SMILES string of the molecule is COc1ccc(C)cc1C(O)c1cnn2ccncc12. The van der Waals surface area contributed by atoms with Crippen LogP contribution < -0.4 is 4.74 Å². The van der Waals surface area contributed by atoms with E-state index >= 15 is 0 Å². The van der Waals surface area contributed by atoms with Crippen molar-refractivity contribution in [1.82, 2.24) is 14.6 Å². The molecule has 1 atom stereocenters. The Hall–Kier alpha value is -2.40. The Morgan fingerprint density at radius 1 is 1.25 bits per heavy atom. The normalized spacial score (nSPS) is 12.6. The van der Waals surface area contributed by atoms with Crippen molar-refractivity contribution in [3.8, 4) is 5.75 Å². The lowest BCUT2D eigenvalue weighted by molar-refractivity contribution is 0.216. The zero-order valence-corrected chi connectivity index (χ0v) is 11.3. The second-order valence-corrected chi connectivity index (χ2v) is 4.65. The predicted octanol–water partition coefficient (Wildman–Crippen LogP) is 2.13. The molecule has 1 aromatic carbocycles. The summed E-state index contributed by atoms with van der Waals surface area (Å²) in [4.78, 5) is 4.08. The van der Waals surface area contributed by atoms with Crippen LogP contribution in [0.2, 0.25) is 0 Å². The van der Waals surface area contributed by atoms with Gasteiger partial charge in [-0.3, -0.25) is 4.98 Å². The average Bonchev–Trinajstić information content (AvgIpc) is 2.90. The van der Waals surface area contributed by atoms with E-state index in [2.05, 4.69) is 10.1 Å². The molecule has 0 aliphatic heterocycles. The Morgan fingerprint density at radius 2 is 2.10 bits per heavy atom. The van der Waals surface area contributed by atoms with Crippen molar-refractivity contribution in [2.45, 2.75) is 13.0 Å². The molecule has 0 amide bonds. The molecular formula is C15H15N3O2. The van der Waals surface area contributed by atoms with Gasteiger partial charge in [-0.1, -0.05) is 11.6 Å². The average molecular weight is 269 g/mol. The van der Waals surface area contributed by atoms with Gasteiger partial charge in [0.2, 0.25) is 0 Å². The highest BCUT2D eigenvalue weighted by Gasteiger charge is 2.19. The Balaban J connectivity index is 2.13. The summed E-state index contributed by atoms with van der Waals surface area (Å²) in [5.41, 5.74) is 3.28. The molecule has 1 unspecified atom stereocenters. The summed E-state index contributed by atoms with van der Waals surface area (Å²) in [6.45, 7) is 1.98. The number of fused-ring (bicyclic) bond motifs is 1. The molecule has 1 N–H and O–H groups in total. The number of rotatable bonds is 3. The van der Waals surface area contributed by atoms with Crippen LogP contribution in [0.4, 0.5) is 0 Å². The second kappa shape index (κ2) is 4.94. The number of aliphatic hydroxyl groups excluding tert-OH is 1. The first-order valence-electron chi connectivity index (χ1n) is 6.30. The lowest BCUT2D eigenvalue weighted by Gasteiger charge is -2.14. The van der Waals surface area contributed by atoms with Crippen LogP contribution in [0.1, 0.15) is 22.8 Å². The fourth-order valence-electron chi connectivity index (χ4n) is 2.30. The van der Waals surface area contributed by atoms with Crippen molar-refractivity contribution >= 4 is 5.52 Å². The van der Waals surface area contributed by atoms with Gasteiger partial charge in [-0.15, -0.1) is 0 Å². The smallest absolute Gasteiger partial charge is 0.125 e. The monoisotopic (exact) mass is 269 g/mol. The van der Waals surface area contributed by atoms with Gasteiger partial charge in [0.25, 0.3) is 0 Å². The van der Waals surface area contributed by atoms with Gasteiger partial charge in [0.15, 0.2) is 0 Å². The van der Waals surface area contributed by atoms with Gasteiger partial charge >= 0.3 is 0 Å². The first-order chi connectivity index (χ1) is 9.70. The van der Waals surface area contributed by atoms with E-state index in [1.807, 2.05) is 25.1 Å². The minimum atomic E-state index is -0.799. The van der Waals surface area contributed by atoms with E-state index < -0.39 is 6.10 Å². The van der Waals surface area contributed by atoms with Gasteiger partial charge in [-0.05, 0) is 19.1 Å². The topological polar surface area (TPSA) is 59.7 Å². The molecule has 2 aromatic heterocycles. The highest BCUT2D eigenvalue weighted by Crippen LogP contribution is 2.32. The van der Waals surface area contributed by atoms with Crippen LogP contribution in [0.25, 0.3) is 5.52 Å². The van der Waals surface area contributed by atoms with E-state index in [4.69, 9.17) is 4.74 Å². The third-order valence-electron chi connectivity index (χ3n) is 3.33. The van der Waals surface area contributed by atoms with E-state index in [9.17, 15) is 5.11 Å². The van der Waals surface area contributed by atoms with Crippen molar-refractivity contribution in [3.63, 3.8) is 0 Å². The summed E-state index contributed by atoms with van der Waals surface area (Å²) in [5, 5.41) is 14.9. The minimum absolute atomic E-state index is 0.659. The van der Waals surface area contributed by atoms with Crippen LogP contribution in [-0.4, -0.2) is 26.8 Å². The highest BCUT2D eigenvalue weighted by molar-refractivity contribution is 5.56. The van der Waals surface area contributed by atoms with Crippen molar-refractivity contribution in [2.24, 2.45) is 0 Å². The number of nitrogens with zero attached hydrogens (tertiary/aromatic N) is 3. The third-order valence-corrected chi connectivity index (χ3v) is 3.33. The quantitative estimate of drug-likeness (QED) is 0.791. The van der Waals surface area contributed by atoms with Crippen molar-refractivity contribution in [1.29, 1.82) is 0 Å². The summed E-state index contributed by atoms with van der Waals surface area (Å²) >= 11 is 0. The van der Waals surface area contributed by atoms with Crippen LogP contribution in [0.5, 0.6) is 5.75 Å². The van der Waals surface area contributed by atoms with Crippen LogP contribution in [-0.2, 0) is 0 Å². The number of aryl methyl sites for hydroxylation is 1. The van der Waals surface area contributed by atoms with E-state index in [1.165, 1.54) is 0 Å². The largest absolute Gasteiger partial charge is 0.496 e. The maximum atomic E-state index is 10.7. The van der Waals surface area contributed by atoms with Gasteiger partial charge in [0.1, 0.15) is 11.9 Å². The number of methoxy groups -OCH3 is 1. The maximum absolute atomic E-state index is 10.7. The van der Waals surface area contributed by atoms with Crippen LogP contribution >= 0.6 is 0 Å². The summed E-state index contributed by atoms with van der Waals surface area (Å²) in [5.74, 6) is 0.659. The molecule has 0 bridgehead atoms. The van der Waals surface area contributed by atoms with E-state index in [1.54, 1.807) is 36.4 Å². The number of aromatic nitrogens is 3. The Morgan fingerprint density at radius 3 is 2.90 bits per heavy atom. The lowest BCUT2D eigenvalue weighted by atomic mass is 10.0. The van der Waals surface area contributed by atoms with Crippen LogP contribution in [0.15, 0.2) is 43.0 Å². The molecule has 2 heterocycles. The summed E-state index contributed by atoms with van der Waals surface area (Å²) in [7, 11) is 1.60. The zero-order chi connectivity index (χ0) is 14.1. The Labute approximate surface area is 116 Å². The van der Waals surface area contributed by atoms with Gasteiger partial charge in [0.05, 0.1) is 25.0 Å². The molecule has 102 valence electrons. The fourth-order valence-corrected chi connectivity index (χ4v) is 2.30. The minimum Gasteiger partial charge on any atom is -0.496 e. The standard InChI is InChI=1S/C15H15N3O2/c1-10-3-4-14(20-2)11(7-10)15(19)12-8-17-18-6-5-16-9-13(12)18/h3-9,15,19H,1-2H3. The van der Waals surface area contributed by atoms with Gasteiger partial charge in [-0.2, -0.15) is 5.10 Å². The maximum Gasteiger partial charge on any atom is 0.125 e. The van der Waals surface area contributed by atoms with Gasteiger partial charge in [-0.25, -0.2) is 4.52 Å². The molecule has 0 saturated heterocycles. The van der Waals surface area contributed by atoms with E-state index in [0.29, 0.717) is 11.3 Å². The summed E-state index contributed by atoms with van der Waals surface area (Å²) in [6, 6.07) is 5.73. The Bertz CT molecular complexity index is 752. The van der Waals surface area contributed by atoms with Crippen LogP contribution in [0.3, 0.4) is 0 Å². The number of benzene rings is 1. The molecule has 5 heteroatoms. The lowest BCUT2D eigenvalue weighted by Crippen LogP contribution is -2.03. The third kappa shape index (κ3) is 2.02. The van der Waals surface area contributed by atoms with E-state index in [-0.39, 0.29) is 0 Å². The molecule has 3 rings (SSSR count). The molecule has 0 aliphatic rings. The molecule has 0 fully saturated rings. The first kappa shape index (κ1) is 12.6. The number of ether oxygens (including phenoxy) is 1. The molecule has 3 aromatic rings. The molecule has 0 saturated carbocycles. The molecule has 0 aliphatic carbocycles. The van der Waals surface area contributed by atoms with E-state index in [0.717, 1.165) is 16.6 Å². The number of aliphatic hydroxyl groups is 1.